The molecule has 0 radical (unpaired) electrons. The zero-order valence-electron chi connectivity index (χ0n) is 10.6. The van der Waals surface area contributed by atoms with Crippen LogP contribution in [-0.2, 0) is 15.3 Å². The molecule has 1 atom stereocenters. The summed E-state index contributed by atoms with van der Waals surface area (Å²) in [5, 5.41) is 10.9. The van der Waals surface area contributed by atoms with Gasteiger partial charge in [0, 0.05) is 23.2 Å². The third kappa shape index (κ3) is 4.24. The molecule has 1 aliphatic rings. The number of carbonyl (C=O) groups excluding carboxylic acids is 1. The Morgan fingerprint density at radius 2 is 2.37 bits per heavy atom. The Kier molecular flexibility index (Phi) is 5.27. The molecule has 104 valence electrons. The number of thiophene rings is 1. The van der Waals surface area contributed by atoms with Gasteiger partial charge in [-0.05, 0) is 24.3 Å². The predicted octanol–water partition coefficient (Wildman–Crippen LogP) is 2.45. The fraction of sp³-hybridized carbons (Fsp3) is 0.538. The molecule has 1 N–H and O–H groups in total. The van der Waals surface area contributed by atoms with E-state index in [1.165, 1.54) is 4.88 Å². The Morgan fingerprint density at radius 3 is 3.05 bits per heavy atom. The number of rotatable bonds is 6. The average molecular weight is 299 g/mol. The normalized spacial score (nSPS) is 18.7. The minimum absolute atomic E-state index is 0.0708. The lowest BCUT2D eigenvalue weighted by Gasteiger charge is -2.23. The highest BCUT2D eigenvalue weighted by Crippen LogP contribution is 2.23. The first-order valence-corrected chi connectivity index (χ1v) is 8.31. The van der Waals surface area contributed by atoms with Crippen molar-refractivity contribution in [3.05, 3.63) is 22.4 Å². The summed E-state index contributed by atoms with van der Waals surface area (Å²) in [6.07, 6.45) is 1.80. The summed E-state index contributed by atoms with van der Waals surface area (Å²) in [5.41, 5.74) is 0. The molecule has 1 aromatic heterocycles. The van der Waals surface area contributed by atoms with Gasteiger partial charge >= 0.3 is 5.97 Å². The molecular weight excluding hydrogens is 282 g/mol. The summed E-state index contributed by atoms with van der Waals surface area (Å²) >= 11 is 3.29. The van der Waals surface area contributed by atoms with Crippen LogP contribution in [0.4, 0.5) is 0 Å². The molecule has 1 fully saturated rings. The van der Waals surface area contributed by atoms with Crippen molar-refractivity contribution in [1.29, 1.82) is 0 Å². The summed E-state index contributed by atoms with van der Waals surface area (Å²) in [5.74, 6) is 0.538. The van der Waals surface area contributed by atoms with Crippen LogP contribution in [0.25, 0.3) is 0 Å². The molecular formula is C13H17NO3S2. The molecule has 0 aromatic carbocycles. The highest BCUT2D eigenvalue weighted by atomic mass is 32.2. The Morgan fingerprint density at radius 1 is 1.53 bits per heavy atom. The van der Waals surface area contributed by atoms with E-state index in [0.717, 1.165) is 18.6 Å². The van der Waals surface area contributed by atoms with Gasteiger partial charge in [-0.2, -0.15) is 0 Å². The first kappa shape index (κ1) is 14.4. The summed E-state index contributed by atoms with van der Waals surface area (Å²) in [6.45, 7) is 0.705. The number of nitrogens with zero attached hydrogens (tertiary/aromatic N) is 1. The SMILES string of the molecule is O=C(O)CC1CCCN1C(=O)CSCc1cccs1. The number of carbonyl (C=O) groups is 2. The Balaban J connectivity index is 1.77. The van der Waals surface area contributed by atoms with Crippen LogP contribution in [-0.4, -0.2) is 40.2 Å². The van der Waals surface area contributed by atoms with Gasteiger partial charge in [-0.25, -0.2) is 0 Å². The average Bonchev–Trinajstić information content (AvgIpc) is 2.99. The summed E-state index contributed by atoms with van der Waals surface area (Å²) in [7, 11) is 0. The van der Waals surface area contributed by atoms with Crippen LogP contribution in [0.5, 0.6) is 0 Å². The molecule has 0 saturated carbocycles. The van der Waals surface area contributed by atoms with Gasteiger partial charge in [0.1, 0.15) is 0 Å². The Labute approximate surface area is 120 Å². The zero-order valence-corrected chi connectivity index (χ0v) is 12.2. The third-order valence-electron chi connectivity index (χ3n) is 3.16. The molecule has 0 bridgehead atoms. The van der Waals surface area contributed by atoms with Gasteiger partial charge in [-0.1, -0.05) is 6.07 Å². The fourth-order valence-electron chi connectivity index (χ4n) is 2.29. The van der Waals surface area contributed by atoms with Crippen molar-refractivity contribution < 1.29 is 14.7 Å². The molecule has 2 rings (SSSR count). The van der Waals surface area contributed by atoms with Crippen LogP contribution in [0.2, 0.25) is 0 Å². The second-order valence-electron chi connectivity index (χ2n) is 4.55. The van der Waals surface area contributed by atoms with Crippen LogP contribution in [0, 0.1) is 0 Å². The largest absolute Gasteiger partial charge is 0.481 e. The lowest BCUT2D eigenvalue weighted by Crippen LogP contribution is -2.37. The minimum atomic E-state index is -0.823. The molecule has 4 nitrogen and oxygen atoms in total. The van der Waals surface area contributed by atoms with Crippen molar-refractivity contribution in [2.24, 2.45) is 0 Å². The van der Waals surface area contributed by atoms with Crippen molar-refractivity contribution in [2.45, 2.75) is 31.1 Å². The van der Waals surface area contributed by atoms with E-state index < -0.39 is 5.97 Å². The quantitative estimate of drug-likeness (QED) is 0.876. The second-order valence-corrected chi connectivity index (χ2v) is 6.57. The van der Waals surface area contributed by atoms with Gasteiger partial charge < -0.3 is 10.0 Å². The maximum absolute atomic E-state index is 12.1. The molecule has 1 aliphatic heterocycles. The number of amides is 1. The number of aliphatic carboxylic acids is 1. The topological polar surface area (TPSA) is 57.6 Å². The van der Waals surface area contributed by atoms with Gasteiger partial charge in [-0.3, -0.25) is 9.59 Å². The number of thioether (sulfide) groups is 1. The van der Waals surface area contributed by atoms with E-state index in [4.69, 9.17) is 5.11 Å². The van der Waals surface area contributed by atoms with Crippen LogP contribution in [0.1, 0.15) is 24.1 Å². The van der Waals surface area contributed by atoms with Crippen molar-refractivity contribution in [3.63, 3.8) is 0 Å². The third-order valence-corrected chi connectivity index (χ3v) is 5.18. The van der Waals surface area contributed by atoms with E-state index in [1.54, 1.807) is 28.0 Å². The molecule has 19 heavy (non-hydrogen) atoms. The standard InChI is InChI=1S/C13H17NO3S2/c15-12(9-18-8-11-4-2-6-19-11)14-5-1-3-10(14)7-13(16)17/h2,4,6,10H,1,3,5,7-9H2,(H,16,17). The fourth-order valence-corrected chi connectivity index (χ4v) is 4.05. The van der Waals surface area contributed by atoms with Crippen molar-refractivity contribution >= 4 is 35.0 Å². The predicted molar refractivity (Wildman–Crippen MR) is 77.5 cm³/mol. The summed E-state index contributed by atoms with van der Waals surface area (Å²) < 4.78 is 0. The molecule has 1 saturated heterocycles. The number of hydrogen-bond donors (Lipinski definition) is 1. The van der Waals surface area contributed by atoms with Crippen molar-refractivity contribution in [2.75, 3.05) is 12.3 Å². The summed E-state index contributed by atoms with van der Waals surface area (Å²) in [6, 6.07) is 3.96. The lowest BCUT2D eigenvalue weighted by molar-refractivity contribution is -0.139. The van der Waals surface area contributed by atoms with E-state index >= 15 is 0 Å². The zero-order chi connectivity index (χ0) is 13.7. The molecule has 2 heterocycles. The second kappa shape index (κ2) is 6.96. The Bertz CT molecular complexity index is 433. The van der Waals surface area contributed by atoms with Crippen LogP contribution < -0.4 is 0 Å². The van der Waals surface area contributed by atoms with E-state index in [9.17, 15) is 9.59 Å². The molecule has 1 aromatic rings. The van der Waals surface area contributed by atoms with E-state index in [2.05, 4.69) is 6.07 Å². The molecule has 0 spiro atoms. The molecule has 0 aliphatic carbocycles. The Hall–Kier alpha value is -1.01. The molecule has 1 amide bonds. The maximum Gasteiger partial charge on any atom is 0.305 e. The first-order chi connectivity index (χ1) is 9.16. The minimum Gasteiger partial charge on any atom is -0.481 e. The smallest absolute Gasteiger partial charge is 0.305 e. The van der Waals surface area contributed by atoms with Crippen molar-refractivity contribution in [3.8, 4) is 0 Å². The number of hydrogen-bond acceptors (Lipinski definition) is 4. The first-order valence-electron chi connectivity index (χ1n) is 6.28. The number of likely N-dealkylation sites (tertiary alicyclic amines) is 1. The van der Waals surface area contributed by atoms with Crippen LogP contribution >= 0.6 is 23.1 Å². The molecule has 1 unspecified atom stereocenters. The van der Waals surface area contributed by atoms with E-state index in [1.807, 2.05) is 11.4 Å². The monoisotopic (exact) mass is 299 g/mol. The van der Waals surface area contributed by atoms with Crippen LogP contribution in [0.15, 0.2) is 17.5 Å². The van der Waals surface area contributed by atoms with E-state index in [0.29, 0.717) is 12.3 Å². The van der Waals surface area contributed by atoms with Crippen molar-refractivity contribution in [1.82, 2.24) is 4.90 Å². The number of carboxylic acid groups (broad SMARTS) is 1. The van der Waals surface area contributed by atoms with E-state index in [-0.39, 0.29) is 18.4 Å². The maximum atomic E-state index is 12.1. The molecule has 6 heteroatoms. The van der Waals surface area contributed by atoms with Gasteiger partial charge in [0.05, 0.1) is 12.2 Å². The number of carboxylic acids is 1. The van der Waals surface area contributed by atoms with Crippen LogP contribution in [0.3, 0.4) is 0 Å². The van der Waals surface area contributed by atoms with Gasteiger partial charge in [0.2, 0.25) is 5.91 Å². The summed E-state index contributed by atoms with van der Waals surface area (Å²) in [4.78, 5) is 25.8. The van der Waals surface area contributed by atoms with Gasteiger partial charge in [0.25, 0.3) is 0 Å². The van der Waals surface area contributed by atoms with Gasteiger partial charge in [-0.15, -0.1) is 23.1 Å². The lowest BCUT2D eigenvalue weighted by atomic mass is 10.1. The highest BCUT2D eigenvalue weighted by Gasteiger charge is 2.29. The highest BCUT2D eigenvalue weighted by molar-refractivity contribution is 7.99. The van der Waals surface area contributed by atoms with Gasteiger partial charge in [0.15, 0.2) is 0 Å².